The molecule has 0 spiro atoms. The number of hydrogen-bond donors (Lipinski definition) is 1. The van der Waals surface area contributed by atoms with Crippen molar-refractivity contribution in [2.45, 2.75) is 38.0 Å². The lowest BCUT2D eigenvalue weighted by Crippen LogP contribution is -2.16. The Morgan fingerprint density at radius 2 is 1.77 bits per heavy atom. The van der Waals surface area contributed by atoms with Crippen LogP contribution in [-0.4, -0.2) is 6.54 Å². The van der Waals surface area contributed by atoms with Crippen LogP contribution in [-0.2, 0) is 19.3 Å². The van der Waals surface area contributed by atoms with Crippen LogP contribution in [0.5, 0.6) is 0 Å². The minimum absolute atomic E-state index is 0.281. The molecule has 3 rings (SSSR count). The first-order chi connectivity index (χ1) is 10.7. The molecule has 2 aromatic rings. The van der Waals surface area contributed by atoms with Crippen LogP contribution < -0.4 is 5.73 Å². The second kappa shape index (κ2) is 7.04. The van der Waals surface area contributed by atoms with Gasteiger partial charge in [0.25, 0.3) is 0 Å². The van der Waals surface area contributed by atoms with Crippen molar-refractivity contribution in [2.75, 3.05) is 6.54 Å². The average Bonchev–Trinajstić information content (AvgIpc) is 2.56. The molecular weight excluding hydrogens is 313 g/mol. The third-order valence-corrected chi connectivity index (χ3v) is 5.48. The van der Waals surface area contributed by atoms with Gasteiger partial charge < -0.3 is 5.73 Å². The number of aryl methyl sites for hydroxylation is 2. The molecule has 1 atom stereocenters. The summed E-state index contributed by atoms with van der Waals surface area (Å²) in [5, 5.41) is 1.26. The molecule has 3 heteroatoms. The van der Waals surface area contributed by atoms with Crippen molar-refractivity contribution in [1.29, 1.82) is 0 Å². The maximum atomic E-state index is 6.32. The highest BCUT2D eigenvalue weighted by Crippen LogP contribution is 2.31. The van der Waals surface area contributed by atoms with Crippen LogP contribution in [0.2, 0.25) is 10.0 Å². The van der Waals surface area contributed by atoms with Gasteiger partial charge in [-0.1, -0.05) is 53.5 Å². The van der Waals surface area contributed by atoms with Crippen molar-refractivity contribution < 1.29 is 0 Å². The van der Waals surface area contributed by atoms with Crippen LogP contribution in [0.25, 0.3) is 0 Å². The summed E-state index contributed by atoms with van der Waals surface area (Å²) in [6.07, 6.45) is 5.84. The van der Waals surface area contributed by atoms with E-state index in [1.54, 1.807) is 0 Å². The average molecular weight is 334 g/mol. The van der Waals surface area contributed by atoms with E-state index >= 15 is 0 Å². The van der Waals surface area contributed by atoms with Crippen molar-refractivity contribution in [1.82, 2.24) is 0 Å². The smallest absolute Gasteiger partial charge is 0.0624 e. The van der Waals surface area contributed by atoms with E-state index in [-0.39, 0.29) is 5.92 Å². The van der Waals surface area contributed by atoms with Crippen LogP contribution in [0.1, 0.15) is 41.0 Å². The molecule has 116 valence electrons. The van der Waals surface area contributed by atoms with Crippen LogP contribution in [0.4, 0.5) is 0 Å². The first kappa shape index (κ1) is 15.9. The van der Waals surface area contributed by atoms with E-state index in [0.29, 0.717) is 16.6 Å². The van der Waals surface area contributed by atoms with E-state index in [4.69, 9.17) is 28.9 Å². The van der Waals surface area contributed by atoms with Gasteiger partial charge in [-0.05, 0) is 67.0 Å². The van der Waals surface area contributed by atoms with Gasteiger partial charge in [0, 0.05) is 5.92 Å². The van der Waals surface area contributed by atoms with E-state index in [2.05, 4.69) is 18.2 Å². The van der Waals surface area contributed by atoms with Crippen molar-refractivity contribution in [3.63, 3.8) is 0 Å². The molecule has 1 unspecified atom stereocenters. The first-order valence-corrected chi connectivity index (χ1v) is 8.69. The minimum atomic E-state index is 0.281. The summed E-state index contributed by atoms with van der Waals surface area (Å²) in [6, 6.07) is 12.7. The van der Waals surface area contributed by atoms with Gasteiger partial charge in [0.05, 0.1) is 10.0 Å². The van der Waals surface area contributed by atoms with Gasteiger partial charge in [-0.2, -0.15) is 0 Å². The highest BCUT2D eigenvalue weighted by Gasteiger charge is 2.16. The summed E-state index contributed by atoms with van der Waals surface area (Å²) >= 11 is 12.4. The van der Waals surface area contributed by atoms with Gasteiger partial charge >= 0.3 is 0 Å². The minimum Gasteiger partial charge on any atom is -0.330 e. The van der Waals surface area contributed by atoms with Crippen molar-refractivity contribution >= 4 is 23.2 Å². The fourth-order valence-corrected chi connectivity index (χ4v) is 3.71. The van der Waals surface area contributed by atoms with E-state index < -0.39 is 0 Å². The van der Waals surface area contributed by atoms with Crippen molar-refractivity contribution in [3.05, 3.63) is 68.7 Å². The van der Waals surface area contributed by atoms with E-state index in [1.807, 2.05) is 18.2 Å². The van der Waals surface area contributed by atoms with Gasteiger partial charge in [0.1, 0.15) is 0 Å². The van der Waals surface area contributed by atoms with Gasteiger partial charge in [-0.15, -0.1) is 0 Å². The Hall–Kier alpha value is -1.02. The molecule has 22 heavy (non-hydrogen) atoms. The Labute approximate surface area is 142 Å². The summed E-state index contributed by atoms with van der Waals surface area (Å²) in [5.74, 6) is 0.281. The molecule has 0 bridgehead atoms. The van der Waals surface area contributed by atoms with Crippen molar-refractivity contribution in [2.24, 2.45) is 5.73 Å². The quantitative estimate of drug-likeness (QED) is 0.821. The van der Waals surface area contributed by atoms with Crippen LogP contribution in [0.15, 0.2) is 36.4 Å². The van der Waals surface area contributed by atoms with Crippen LogP contribution in [0, 0.1) is 0 Å². The molecule has 2 N–H and O–H groups in total. The summed E-state index contributed by atoms with van der Waals surface area (Å²) in [7, 11) is 0. The number of benzene rings is 2. The maximum absolute atomic E-state index is 6.32. The standard InChI is InChI=1S/C19H21Cl2N/c20-18-7-3-6-16(19(18)21)11-17(12-22)15-9-8-13-4-1-2-5-14(13)10-15/h3,6-10,17H,1-2,4-5,11-12,22H2. The number of fused-ring (bicyclic) bond motifs is 1. The summed E-state index contributed by atoms with van der Waals surface area (Å²) in [4.78, 5) is 0. The Morgan fingerprint density at radius 1 is 1.00 bits per heavy atom. The lowest BCUT2D eigenvalue weighted by Gasteiger charge is -2.21. The zero-order valence-electron chi connectivity index (χ0n) is 12.6. The Bertz CT molecular complexity index is 666. The highest BCUT2D eigenvalue weighted by atomic mass is 35.5. The maximum Gasteiger partial charge on any atom is 0.0624 e. The Kier molecular flexibility index (Phi) is 5.07. The summed E-state index contributed by atoms with van der Waals surface area (Å²) < 4.78 is 0. The van der Waals surface area contributed by atoms with Crippen molar-refractivity contribution in [3.8, 4) is 0 Å². The normalized spacial score (nSPS) is 15.4. The van der Waals surface area contributed by atoms with Gasteiger partial charge in [-0.25, -0.2) is 0 Å². The monoisotopic (exact) mass is 333 g/mol. The first-order valence-electron chi connectivity index (χ1n) is 7.93. The highest BCUT2D eigenvalue weighted by molar-refractivity contribution is 6.42. The van der Waals surface area contributed by atoms with Gasteiger partial charge in [-0.3, -0.25) is 0 Å². The number of halogens is 2. The molecule has 0 amide bonds. The lowest BCUT2D eigenvalue weighted by atomic mass is 9.85. The number of hydrogen-bond acceptors (Lipinski definition) is 1. The molecule has 1 nitrogen and oxygen atoms in total. The SMILES string of the molecule is NCC(Cc1cccc(Cl)c1Cl)c1ccc2c(c1)CCCC2. The molecular formula is C19H21Cl2N. The molecule has 2 aromatic carbocycles. The second-order valence-electron chi connectivity index (χ2n) is 6.08. The molecule has 0 saturated heterocycles. The van der Waals surface area contributed by atoms with Crippen LogP contribution in [0.3, 0.4) is 0 Å². The molecule has 0 saturated carbocycles. The largest absolute Gasteiger partial charge is 0.330 e. The second-order valence-corrected chi connectivity index (χ2v) is 6.87. The number of nitrogens with two attached hydrogens (primary N) is 1. The zero-order valence-corrected chi connectivity index (χ0v) is 14.1. The molecule has 1 aliphatic rings. The molecule has 1 aliphatic carbocycles. The van der Waals surface area contributed by atoms with Gasteiger partial charge in [0.2, 0.25) is 0 Å². The topological polar surface area (TPSA) is 26.0 Å². The predicted molar refractivity (Wildman–Crippen MR) is 95.0 cm³/mol. The molecule has 0 aliphatic heterocycles. The fourth-order valence-electron chi connectivity index (χ4n) is 3.32. The molecule has 0 radical (unpaired) electrons. The van der Waals surface area contributed by atoms with Crippen LogP contribution >= 0.6 is 23.2 Å². The molecule has 0 fully saturated rings. The molecule has 0 aromatic heterocycles. The fraction of sp³-hybridized carbons (Fsp3) is 0.368. The van der Waals surface area contributed by atoms with Gasteiger partial charge in [0.15, 0.2) is 0 Å². The van der Waals surface area contributed by atoms with E-state index in [1.165, 1.54) is 42.4 Å². The molecule has 0 heterocycles. The third kappa shape index (κ3) is 3.32. The van der Waals surface area contributed by atoms with E-state index in [0.717, 1.165) is 12.0 Å². The summed E-state index contributed by atoms with van der Waals surface area (Å²) in [5.41, 5.74) is 11.4. The predicted octanol–water partition coefficient (Wildman–Crippen LogP) is 5.16. The number of rotatable bonds is 4. The Morgan fingerprint density at radius 3 is 2.55 bits per heavy atom. The Balaban J connectivity index is 1.86. The lowest BCUT2D eigenvalue weighted by molar-refractivity contribution is 0.668. The third-order valence-electron chi connectivity index (χ3n) is 4.63. The zero-order chi connectivity index (χ0) is 15.5. The van der Waals surface area contributed by atoms with E-state index in [9.17, 15) is 0 Å². The summed E-state index contributed by atoms with van der Waals surface area (Å²) in [6.45, 7) is 0.613.